The predicted octanol–water partition coefficient (Wildman–Crippen LogP) is 3.19. The molecule has 0 radical (unpaired) electrons. The maximum Gasteiger partial charge on any atom is 0.202 e. The van der Waals surface area contributed by atoms with Crippen LogP contribution < -0.4 is 0 Å². The van der Waals surface area contributed by atoms with Crippen LogP contribution in [0.1, 0.15) is 21.3 Å². The number of nitrogens with zero attached hydrogens (tertiary/aromatic N) is 1. The van der Waals surface area contributed by atoms with Gasteiger partial charge in [-0.2, -0.15) is 0 Å². The number of Topliss-reactive ketones (excluding diaryl/α,β-unsaturated/α-hetero) is 1. The van der Waals surface area contributed by atoms with E-state index in [-0.39, 0.29) is 4.90 Å². The summed E-state index contributed by atoms with van der Waals surface area (Å²) >= 11 is 0. The molecule has 2 heterocycles. The largest absolute Gasteiger partial charge is 0.313 e. The van der Waals surface area contributed by atoms with Gasteiger partial charge in [0.05, 0.1) is 16.3 Å². The van der Waals surface area contributed by atoms with Crippen LogP contribution in [0.25, 0.3) is 5.69 Å². The summed E-state index contributed by atoms with van der Waals surface area (Å²) in [6, 6.07) is 18.8. The molecule has 0 fully saturated rings. The fourth-order valence-electron chi connectivity index (χ4n) is 3.05. The van der Waals surface area contributed by atoms with Crippen LogP contribution in [0.15, 0.2) is 77.8 Å². The average molecular weight is 323 g/mol. The lowest BCUT2D eigenvalue weighted by molar-refractivity contribution is 0.0981. The summed E-state index contributed by atoms with van der Waals surface area (Å²) in [6.07, 6.45) is 1.72. The number of benzene rings is 2. The smallest absolute Gasteiger partial charge is 0.202 e. The monoisotopic (exact) mass is 323 g/mol. The van der Waals surface area contributed by atoms with E-state index in [1.54, 1.807) is 77.5 Å². The second kappa shape index (κ2) is 4.93. The highest BCUT2D eigenvalue weighted by atomic mass is 32.2. The molecule has 0 N–H and O–H groups in total. The first-order valence-electron chi connectivity index (χ1n) is 7.20. The highest BCUT2D eigenvalue weighted by molar-refractivity contribution is 7.92. The van der Waals surface area contributed by atoms with Gasteiger partial charge in [-0.3, -0.25) is 4.79 Å². The van der Waals surface area contributed by atoms with Gasteiger partial charge in [-0.25, -0.2) is 8.42 Å². The van der Waals surface area contributed by atoms with Crippen molar-refractivity contribution in [3.63, 3.8) is 0 Å². The van der Waals surface area contributed by atoms with Crippen molar-refractivity contribution >= 4 is 15.6 Å². The Bertz CT molecular complexity index is 1000. The molecule has 0 saturated heterocycles. The van der Waals surface area contributed by atoms with Gasteiger partial charge in [-0.1, -0.05) is 42.5 Å². The van der Waals surface area contributed by atoms with Gasteiger partial charge in [0.1, 0.15) is 0 Å². The van der Waals surface area contributed by atoms with Crippen LogP contribution in [0.4, 0.5) is 0 Å². The topological polar surface area (TPSA) is 56.1 Å². The third-order valence-corrected chi connectivity index (χ3v) is 6.15. The first-order valence-corrected chi connectivity index (χ1v) is 8.75. The van der Waals surface area contributed by atoms with E-state index in [0.29, 0.717) is 16.9 Å². The van der Waals surface area contributed by atoms with E-state index in [1.165, 1.54) is 0 Å². The lowest BCUT2D eigenvalue weighted by Gasteiger charge is -2.14. The van der Waals surface area contributed by atoms with Crippen molar-refractivity contribution in [2.24, 2.45) is 0 Å². The maximum atomic E-state index is 13.2. The molecule has 4 nitrogen and oxygen atoms in total. The first kappa shape index (κ1) is 14.0. The van der Waals surface area contributed by atoms with Crippen LogP contribution >= 0.6 is 0 Å². The van der Waals surface area contributed by atoms with Crippen LogP contribution in [0.5, 0.6) is 0 Å². The minimum atomic E-state index is -3.83. The van der Waals surface area contributed by atoms with E-state index in [4.69, 9.17) is 0 Å². The molecule has 0 unspecified atom stereocenters. The zero-order valence-corrected chi connectivity index (χ0v) is 12.9. The lowest BCUT2D eigenvalue weighted by Crippen LogP contribution is -2.21. The molecule has 4 rings (SSSR count). The Morgan fingerprint density at radius 2 is 1.52 bits per heavy atom. The number of ketones is 1. The molecular formula is C18H13NO3S. The Kier molecular flexibility index (Phi) is 2.99. The summed E-state index contributed by atoms with van der Waals surface area (Å²) in [4.78, 5) is 13.2. The van der Waals surface area contributed by atoms with Crippen LogP contribution in [-0.2, 0) is 9.84 Å². The van der Waals surface area contributed by atoms with E-state index >= 15 is 0 Å². The normalized spacial score (nSPS) is 18.8. The van der Waals surface area contributed by atoms with Crippen LogP contribution in [0, 0.1) is 0 Å². The van der Waals surface area contributed by atoms with Gasteiger partial charge in [-0.15, -0.1) is 0 Å². The molecule has 0 bridgehead atoms. The molecule has 0 saturated carbocycles. The quantitative estimate of drug-likeness (QED) is 0.691. The van der Waals surface area contributed by atoms with Crippen molar-refractivity contribution in [2.45, 2.75) is 10.1 Å². The summed E-state index contributed by atoms with van der Waals surface area (Å²) in [7, 11) is -3.83. The Balaban J connectivity index is 2.09. The highest BCUT2D eigenvalue weighted by Crippen LogP contribution is 2.38. The maximum absolute atomic E-state index is 13.2. The van der Waals surface area contributed by atoms with Gasteiger partial charge in [-0.05, 0) is 29.8 Å². The second-order valence-corrected chi connectivity index (χ2v) is 7.43. The molecule has 3 aromatic rings. The summed E-state index contributed by atoms with van der Waals surface area (Å²) in [5.74, 6) is -0.405. The summed E-state index contributed by atoms with van der Waals surface area (Å²) in [5, 5.41) is -1.22. The molecule has 0 aliphatic carbocycles. The third kappa shape index (κ3) is 1.97. The van der Waals surface area contributed by atoms with E-state index in [0.717, 1.165) is 0 Å². The van der Waals surface area contributed by atoms with Gasteiger partial charge in [0.2, 0.25) is 5.78 Å². The van der Waals surface area contributed by atoms with Crippen molar-refractivity contribution in [2.75, 3.05) is 0 Å². The van der Waals surface area contributed by atoms with Crippen LogP contribution in [-0.4, -0.2) is 18.8 Å². The van der Waals surface area contributed by atoms with E-state index < -0.39 is 20.9 Å². The first-order chi connectivity index (χ1) is 11.1. The fourth-order valence-corrected chi connectivity index (χ4v) is 4.95. The molecule has 114 valence electrons. The van der Waals surface area contributed by atoms with E-state index in [9.17, 15) is 13.2 Å². The molecule has 5 heteroatoms. The Morgan fingerprint density at radius 1 is 0.826 bits per heavy atom. The SMILES string of the molecule is O=C1c2cccn2-c2ccccc2S(=O)(=O)[C@@H]1c1ccccc1. The Morgan fingerprint density at radius 3 is 2.30 bits per heavy atom. The van der Waals surface area contributed by atoms with Crippen molar-refractivity contribution < 1.29 is 13.2 Å². The number of carbonyl (C=O) groups excluding carboxylic acids is 1. The fraction of sp³-hybridized carbons (Fsp3) is 0.0556. The molecule has 2 aromatic carbocycles. The van der Waals surface area contributed by atoms with Crippen molar-refractivity contribution in [3.05, 3.63) is 84.2 Å². The Hall–Kier alpha value is -2.66. The van der Waals surface area contributed by atoms with Crippen LogP contribution in [0.3, 0.4) is 0 Å². The zero-order valence-electron chi connectivity index (χ0n) is 12.1. The minimum absolute atomic E-state index is 0.178. The average Bonchev–Trinajstić information content (AvgIpc) is 3.03. The lowest BCUT2D eigenvalue weighted by atomic mass is 10.1. The number of aromatic nitrogens is 1. The predicted molar refractivity (Wildman–Crippen MR) is 86.5 cm³/mol. The third-order valence-electron chi connectivity index (χ3n) is 4.08. The van der Waals surface area contributed by atoms with Crippen molar-refractivity contribution in [1.29, 1.82) is 0 Å². The number of hydrogen-bond acceptors (Lipinski definition) is 3. The number of hydrogen-bond donors (Lipinski definition) is 0. The summed E-state index contributed by atoms with van der Waals surface area (Å²) in [5.41, 5.74) is 1.38. The van der Waals surface area contributed by atoms with Crippen molar-refractivity contribution in [1.82, 2.24) is 4.57 Å². The molecule has 1 aliphatic heterocycles. The molecule has 23 heavy (non-hydrogen) atoms. The van der Waals surface area contributed by atoms with Gasteiger partial charge < -0.3 is 4.57 Å². The Labute approximate surface area is 133 Å². The molecular weight excluding hydrogens is 310 g/mol. The molecule has 1 aliphatic rings. The van der Waals surface area contributed by atoms with Gasteiger partial charge >= 0.3 is 0 Å². The molecule has 0 amide bonds. The molecule has 1 atom stereocenters. The van der Waals surface area contributed by atoms with E-state index in [2.05, 4.69) is 0 Å². The van der Waals surface area contributed by atoms with Gasteiger partial charge in [0.25, 0.3) is 0 Å². The number of carbonyl (C=O) groups is 1. The number of para-hydroxylation sites is 1. The van der Waals surface area contributed by atoms with E-state index in [1.807, 2.05) is 0 Å². The number of sulfone groups is 1. The highest BCUT2D eigenvalue weighted by Gasteiger charge is 2.41. The van der Waals surface area contributed by atoms with Gasteiger partial charge in [0, 0.05) is 6.20 Å². The molecule has 1 aromatic heterocycles. The number of rotatable bonds is 1. The van der Waals surface area contributed by atoms with Crippen molar-refractivity contribution in [3.8, 4) is 5.69 Å². The summed E-state index contributed by atoms with van der Waals surface area (Å²) < 4.78 is 28.0. The second-order valence-electron chi connectivity index (χ2n) is 5.43. The van der Waals surface area contributed by atoms with Gasteiger partial charge in [0.15, 0.2) is 15.1 Å². The zero-order chi connectivity index (χ0) is 16.0. The minimum Gasteiger partial charge on any atom is -0.313 e. The number of fused-ring (bicyclic) bond motifs is 3. The summed E-state index contributed by atoms with van der Waals surface area (Å²) in [6.45, 7) is 0. The molecule has 0 spiro atoms. The van der Waals surface area contributed by atoms with Crippen LogP contribution in [0.2, 0.25) is 0 Å². The standard InChI is InChI=1S/C18H13NO3S/c20-17-15-10-6-12-19(15)14-9-4-5-11-16(14)23(21,22)18(17)13-7-2-1-3-8-13/h1-12,18H/t18-/m1/s1.